The lowest BCUT2D eigenvalue weighted by Gasteiger charge is -2.20. The highest BCUT2D eigenvalue weighted by Gasteiger charge is 2.32. The molecule has 9 nitrogen and oxygen atoms in total. The van der Waals surface area contributed by atoms with Crippen LogP contribution in [0.2, 0.25) is 0 Å². The molecule has 1 amide bonds. The van der Waals surface area contributed by atoms with Gasteiger partial charge in [0, 0.05) is 6.54 Å². The van der Waals surface area contributed by atoms with Crippen molar-refractivity contribution in [3.8, 4) is 5.75 Å². The van der Waals surface area contributed by atoms with Gasteiger partial charge in [-0.25, -0.2) is 13.2 Å². The smallest absolute Gasteiger partial charge is 0.416 e. The molecule has 0 aromatic heterocycles. The molecule has 5 N–H and O–H groups in total. The zero-order valence-electron chi connectivity index (χ0n) is 22.1. The van der Waals surface area contributed by atoms with Crippen molar-refractivity contribution in [2.24, 2.45) is 0 Å². The number of amides is 1. The Balaban J connectivity index is 1.69. The van der Waals surface area contributed by atoms with Crippen LogP contribution in [0, 0.1) is 0 Å². The minimum atomic E-state index is -4.48. The summed E-state index contributed by atoms with van der Waals surface area (Å²) in [6, 6.07) is 15.1. The first kappa shape index (κ1) is 32.3. The summed E-state index contributed by atoms with van der Waals surface area (Å²) in [7, 11) is -4.15. The molecule has 0 aliphatic carbocycles. The van der Waals surface area contributed by atoms with E-state index in [9.17, 15) is 35.6 Å². The average Bonchev–Trinajstić information content (AvgIpc) is 2.93. The molecule has 226 valence electrons. The fourth-order valence-corrected chi connectivity index (χ4v) is 5.28. The number of hydrogen-bond acceptors (Lipinski definition) is 6. The van der Waals surface area contributed by atoms with E-state index in [1.165, 1.54) is 60.7 Å². The van der Waals surface area contributed by atoms with Crippen molar-refractivity contribution in [2.75, 3.05) is 12.3 Å². The second kappa shape index (κ2) is 14.1. The van der Waals surface area contributed by atoms with Crippen LogP contribution >= 0.6 is 0 Å². The summed E-state index contributed by atoms with van der Waals surface area (Å²) in [6.07, 6.45) is -6.55. The van der Waals surface area contributed by atoms with Gasteiger partial charge >= 0.3 is 18.5 Å². The number of carbonyl (C=O) groups excluding carboxylic acids is 1. The van der Waals surface area contributed by atoms with Crippen LogP contribution in [-0.4, -0.2) is 44.3 Å². The SMILES string of the molecule is Nc1cc(C[C@H](NS(=O)(=O)c2ccccc2)C(=O)NCCCCc2ccccc2C(F)(F)F)ccc1OC(F)C(=O)O. The number of sulfonamides is 1. The van der Waals surface area contributed by atoms with Crippen LogP contribution in [0.15, 0.2) is 77.7 Å². The number of hydrogen-bond donors (Lipinski definition) is 4. The lowest BCUT2D eigenvalue weighted by Crippen LogP contribution is -2.48. The molecule has 0 saturated heterocycles. The van der Waals surface area contributed by atoms with E-state index in [0.29, 0.717) is 18.4 Å². The van der Waals surface area contributed by atoms with Crippen molar-refractivity contribution in [2.45, 2.75) is 49.2 Å². The van der Waals surface area contributed by atoms with Crippen molar-refractivity contribution in [1.82, 2.24) is 10.0 Å². The zero-order valence-corrected chi connectivity index (χ0v) is 22.9. The third kappa shape index (κ3) is 9.17. The molecule has 1 unspecified atom stereocenters. The van der Waals surface area contributed by atoms with Crippen LogP contribution in [0.3, 0.4) is 0 Å². The number of ether oxygens (including phenoxy) is 1. The van der Waals surface area contributed by atoms with Gasteiger partial charge in [-0.3, -0.25) is 4.79 Å². The second-order valence-electron chi connectivity index (χ2n) is 9.24. The quantitative estimate of drug-likeness (QED) is 0.122. The van der Waals surface area contributed by atoms with E-state index in [4.69, 9.17) is 10.8 Å². The number of aryl methyl sites for hydroxylation is 1. The molecule has 0 heterocycles. The first-order valence-corrected chi connectivity index (χ1v) is 14.2. The Morgan fingerprint density at radius 3 is 2.29 bits per heavy atom. The molecule has 3 aromatic rings. The molecular weight excluding hydrogens is 582 g/mol. The third-order valence-electron chi connectivity index (χ3n) is 6.10. The molecule has 0 aliphatic rings. The van der Waals surface area contributed by atoms with Gasteiger partial charge < -0.3 is 20.9 Å². The number of benzene rings is 3. The topological polar surface area (TPSA) is 148 Å². The van der Waals surface area contributed by atoms with Crippen LogP contribution in [0.5, 0.6) is 5.75 Å². The molecule has 0 aliphatic heterocycles. The van der Waals surface area contributed by atoms with Gasteiger partial charge in [0.2, 0.25) is 15.9 Å². The lowest BCUT2D eigenvalue weighted by molar-refractivity contribution is -0.153. The number of alkyl halides is 4. The largest absolute Gasteiger partial charge is 0.476 e. The fraction of sp³-hybridized carbons (Fsp3) is 0.286. The second-order valence-corrected chi connectivity index (χ2v) is 11.0. The molecule has 0 spiro atoms. The maximum absolute atomic E-state index is 13.4. The molecule has 0 saturated carbocycles. The highest BCUT2D eigenvalue weighted by Crippen LogP contribution is 2.32. The van der Waals surface area contributed by atoms with E-state index in [0.717, 1.165) is 6.07 Å². The van der Waals surface area contributed by atoms with Gasteiger partial charge in [-0.1, -0.05) is 42.5 Å². The van der Waals surface area contributed by atoms with Crippen LogP contribution < -0.4 is 20.5 Å². The summed E-state index contributed by atoms with van der Waals surface area (Å²) in [5, 5.41) is 11.3. The first-order valence-electron chi connectivity index (χ1n) is 12.7. The van der Waals surface area contributed by atoms with E-state index < -0.39 is 46.0 Å². The number of rotatable bonds is 14. The number of carbonyl (C=O) groups is 2. The van der Waals surface area contributed by atoms with Gasteiger partial charge in [0.25, 0.3) is 0 Å². The number of anilines is 1. The van der Waals surface area contributed by atoms with E-state index >= 15 is 0 Å². The normalized spacial score (nSPS) is 13.2. The van der Waals surface area contributed by atoms with Crippen molar-refractivity contribution in [1.29, 1.82) is 0 Å². The summed E-state index contributed by atoms with van der Waals surface area (Å²) >= 11 is 0. The predicted molar refractivity (Wildman–Crippen MR) is 146 cm³/mol. The van der Waals surface area contributed by atoms with Crippen molar-refractivity contribution >= 4 is 27.6 Å². The van der Waals surface area contributed by atoms with Crippen LogP contribution in [-0.2, 0) is 38.6 Å². The molecule has 0 bridgehead atoms. The van der Waals surface area contributed by atoms with Crippen molar-refractivity contribution in [3.05, 3.63) is 89.5 Å². The van der Waals surface area contributed by atoms with E-state index in [1.54, 1.807) is 6.07 Å². The molecule has 0 fully saturated rings. The Kier molecular flexibility index (Phi) is 10.9. The number of carboxylic acids is 1. The van der Waals surface area contributed by atoms with Crippen LogP contribution in [0.4, 0.5) is 23.2 Å². The maximum atomic E-state index is 13.4. The highest BCUT2D eigenvalue weighted by molar-refractivity contribution is 7.89. The number of unbranched alkanes of at least 4 members (excludes halogenated alkanes) is 1. The maximum Gasteiger partial charge on any atom is 0.416 e. The number of aliphatic carboxylic acids is 1. The summed E-state index contributed by atoms with van der Waals surface area (Å²) in [5.74, 6) is -2.81. The minimum absolute atomic E-state index is 0.0680. The Morgan fingerprint density at radius 2 is 1.64 bits per heavy atom. The average molecular weight is 612 g/mol. The minimum Gasteiger partial charge on any atom is -0.476 e. The molecule has 3 aromatic carbocycles. The summed E-state index contributed by atoms with van der Waals surface area (Å²) in [5.41, 5.74) is 5.48. The van der Waals surface area contributed by atoms with E-state index in [1.807, 2.05) is 0 Å². The number of nitrogens with two attached hydrogens (primary N) is 1. The number of carboxylic acid groups (broad SMARTS) is 1. The van der Waals surface area contributed by atoms with E-state index in [-0.39, 0.29) is 41.3 Å². The lowest BCUT2D eigenvalue weighted by atomic mass is 10.0. The zero-order chi connectivity index (χ0) is 30.9. The van der Waals surface area contributed by atoms with Gasteiger partial charge in [0.15, 0.2) is 0 Å². The molecule has 14 heteroatoms. The molecular formula is C28H29F4N3O6S. The molecule has 0 radical (unpaired) electrons. The van der Waals surface area contributed by atoms with Gasteiger partial charge in [-0.15, -0.1) is 0 Å². The predicted octanol–water partition coefficient (Wildman–Crippen LogP) is 4.08. The summed E-state index contributed by atoms with van der Waals surface area (Å²) < 4.78 is 86.0. The van der Waals surface area contributed by atoms with Crippen molar-refractivity contribution < 1.29 is 45.4 Å². The van der Waals surface area contributed by atoms with Crippen LogP contribution in [0.25, 0.3) is 0 Å². The number of nitrogens with one attached hydrogen (secondary N) is 2. The highest BCUT2D eigenvalue weighted by atomic mass is 32.2. The van der Waals surface area contributed by atoms with E-state index in [2.05, 4.69) is 14.8 Å². The number of nitrogen functional groups attached to an aromatic ring is 1. The Labute approximate surface area is 239 Å². The first-order chi connectivity index (χ1) is 19.8. The van der Waals surface area contributed by atoms with Gasteiger partial charge in [-0.05, 0) is 67.1 Å². The van der Waals surface area contributed by atoms with Gasteiger partial charge in [0.1, 0.15) is 11.8 Å². The Hall–Kier alpha value is -4.17. The Bertz CT molecular complexity index is 1490. The summed E-state index contributed by atoms with van der Waals surface area (Å²) in [4.78, 5) is 23.7. The third-order valence-corrected chi connectivity index (χ3v) is 7.59. The number of halogens is 4. The molecule has 2 atom stereocenters. The molecule has 42 heavy (non-hydrogen) atoms. The van der Waals surface area contributed by atoms with Crippen molar-refractivity contribution in [3.63, 3.8) is 0 Å². The van der Waals surface area contributed by atoms with Gasteiger partial charge in [0.05, 0.1) is 16.1 Å². The monoisotopic (exact) mass is 611 g/mol. The summed E-state index contributed by atoms with van der Waals surface area (Å²) in [6.45, 7) is 0.0680. The Morgan fingerprint density at radius 1 is 0.976 bits per heavy atom. The van der Waals surface area contributed by atoms with Gasteiger partial charge in [-0.2, -0.15) is 22.3 Å². The van der Waals surface area contributed by atoms with Crippen LogP contribution in [0.1, 0.15) is 29.5 Å². The fourth-order valence-electron chi connectivity index (χ4n) is 4.06. The standard InChI is InChI=1S/C28H29F4N3O6S/c29-25(27(37)38)41-24-14-13-18(16-22(24)33)17-23(35-42(39,40)20-10-2-1-3-11-20)26(36)34-15-7-6-9-19-8-4-5-12-21(19)28(30,31)32/h1-5,8,10-14,16,23,25,35H,6-7,9,15,17,33H2,(H,34,36)(H,37,38)/t23-,25?/m0/s1. The molecule has 3 rings (SSSR count).